The van der Waals surface area contributed by atoms with Crippen LogP contribution in [-0.4, -0.2) is 21.5 Å². The van der Waals surface area contributed by atoms with Gasteiger partial charge in [0.05, 0.1) is 24.8 Å². The molecule has 0 bridgehead atoms. The van der Waals surface area contributed by atoms with Crippen molar-refractivity contribution in [1.29, 1.82) is 0 Å². The van der Waals surface area contributed by atoms with E-state index in [4.69, 9.17) is 10.2 Å². The van der Waals surface area contributed by atoms with Gasteiger partial charge in [0.15, 0.2) is 0 Å². The van der Waals surface area contributed by atoms with Gasteiger partial charge in [-0.05, 0) is 31.9 Å². The predicted molar refractivity (Wildman–Crippen MR) is 59.8 cm³/mol. The maximum Gasteiger partial charge on any atom is 0.0953 e. The Labute approximate surface area is 94.2 Å². The van der Waals surface area contributed by atoms with Gasteiger partial charge in [-0.1, -0.05) is 5.21 Å². The third-order valence-electron chi connectivity index (χ3n) is 2.40. The fraction of sp³-hybridized carbons (Fsp3) is 0.455. The summed E-state index contributed by atoms with van der Waals surface area (Å²) in [5.41, 5.74) is 7.56. The van der Waals surface area contributed by atoms with Crippen LogP contribution in [0.5, 0.6) is 0 Å². The molecule has 0 aromatic carbocycles. The Balaban J connectivity index is 1.87. The summed E-state index contributed by atoms with van der Waals surface area (Å²) in [6.45, 7) is 1.45. The number of nitrogens with two attached hydrogens (primary N) is 1. The molecule has 5 heteroatoms. The molecule has 0 unspecified atom stereocenters. The lowest BCUT2D eigenvalue weighted by molar-refractivity contribution is 0.558. The normalized spacial score (nSPS) is 10.8. The molecule has 0 spiro atoms. The van der Waals surface area contributed by atoms with Gasteiger partial charge in [0.2, 0.25) is 0 Å². The SMILES string of the molecule is NCCCCc1cn(Cc2ccoc2)nn1. The number of aromatic nitrogens is 3. The zero-order chi connectivity index (χ0) is 11.2. The van der Waals surface area contributed by atoms with Gasteiger partial charge in [0.1, 0.15) is 0 Å². The van der Waals surface area contributed by atoms with E-state index in [1.54, 1.807) is 12.5 Å². The maximum atomic E-state index is 5.44. The molecule has 0 aliphatic heterocycles. The van der Waals surface area contributed by atoms with Gasteiger partial charge in [0, 0.05) is 11.8 Å². The van der Waals surface area contributed by atoms with E-state index in [1.165, 1.54) is 0 Å². The Bertz CT molecular complexity index is 407. The van der Waals surface area contributed by atoms with Gasteiger partial charge in [-0.15, -0.1) is 5.10 Å². The number of rotatable bonds is 6. The van der Waals surface area contributed by atoms with Crippen LogP contribution < -0.4 is 5.73 Å². The van der Waals surface area contributed by atoms with E-state index < -0.39 is 0 Å². The summed E-state index contributed by atoms with van der Waals surface area (Å²) in [4.78, 5) is 0. The summed E-state index contributed by atoms with van der Waals surface area (Å²) >= 11 is 0. The second-order valence-corrected chi connectivity index (χ2v) is 3.78. The van der Waals surface area contributed by atoms with Gasteiger partial charge in [-0.25, -0.2) is 4.68 Å². The Morgan fingerprint density at radius 1 is 1.38 bits per heavy atom. The number of hydrogen-bond acceptors (Lipinski definition) is 4. The number of aryl methyl sites for hydroxylation is 1. The first-order valence-corrected chi connectivity index (χ1v) is 5.48. The number of hydrogen-bond donors (Lipinski definition) is 1. The van der Waals surface area contributed by atoms with Crippen molar-refractivity contribution in [3.8, 4) is 0 Å². The summed E-state index contributed by atoms with van der Waals surface area (Å²) in [5.74, 6) is 0. The third-order valence-corrected chi connectivity index (χ3v) is 2.40. The monoisotopic (exact) mass is 220 g/mol. The van der Waals surface area contributed by atoms with Crippen LogP contribution in [0, 0.1) is 0 Å². The molecule has 0 radical (unpaired) electrons. The standard InChI is InChI=1S/C11H16N4O/c12-5-2-1-3-11-8-15(14-13-11)7-10-4-6-16-9-10/h4,6,8-9H,1-3,5,7,12H2. The van der Waals surface area contributed by atoms with E-state index in [0.717, 1.165) is 37.1 Å². The number of unbranched alkanes of at least 4 members (excludes halogenated alkanes) is 1. The molecule has 2 aromatic rings. The molecule has 2 aromatic heterocycles. The van der Waals surface area contributed by atoms with Crippen molar-refractivity contribution in [1.82, 2.24) is 15.0 Å². The summed E-state index contributed by atoms with van der Waals surface area (Å²) in [7, 11) is 0. The fourth-order valence-electron chi connectivity index (χ4n) is 1.55. The van der Waals surface area contributed by atoms with E-state index in [1.807, 2.05) is 16.9 Å². The first-order valence-electron chi connectivity index (χ1n) is 5.48. The highest BCUT2D eigenvalue weighted by atomic mass is 16.3. The summed E-state index contributed by atoms with van der Waals surface area (Å²) < 4.78 is 6.82. The van der Waals surface area contributed by atoms with E-state index in [2.05, 4.69) is 10.3 Å². The van der Waals surface area contributed by atoms with Crippen molar-refractivity contribution in [2.45, 2.75) is 25.8 Å². The first-order chi connectivity index (χ1) is 7.88. The van der Waals surface area contributed by atoms with Crippen LogP contribution in [0.2, 0.25) is 0 Å². The highest BCUT2D eigenvalue weighted by Gasteiger charge is 2.02. The molecule has 16 heavy (non-hydrogen) atoms. The largest absolute Gasteiger partial charge is 0.472 e. The molecule has 0 saturated carbocycles. The summed E-state index contributed by atoms with van der Waals surface area (Å²) in [6.07, 6.45) is 8.41. The molecule has 86 valence electrons. The molecule has 2 rings (SSSR count). The molecule has 0 aliphatic carbocycles. The average molecular weight is 220 g/mol. The van der Waals surface area contributed by atoms with Crippen LogP contribution in [-0.2, 0) is 13.0 Å². The molecular weight excluding hydrogens is 204 g/mol. The Morgan fingerprint density at radius 3 is 3.06 bits per heavy atom. The van der Waals surface area contributed by atoms with Gasteiger partial charge in [-0.2, -0.15) is 0 Å². The molecule has 0 fully saturated rings. The predicted octanol–water partition coefficient (Wildman–Crippen LogP) is 1.20. The van der Waals surface area contributed by atoms with Crippen molar-refractivity contribution < 1.29 is 4.42 Å². The Kier molecular flexibility index (Phi) is 3.71. The van der Waals surface area contributed by atoms with Gasteiger partial charge in [0.25, 0.3) is 0 Å². The van der Waals surface area contributed by atoms with E-state index in [0.29, 0.717) is 6.54 Å². The van der Waals surface area contributed by atoms with Crippen molar-refractivity contribution in [2.24, 2.45) is 5.73 Å². The Morgan fingerprint density at radius 2 is 2.31 bits per heavy atom. The van der Waals surface area contributed by atoms with Gasteiger partial charge in [-0.3, -0.25) is 0 Å². The van der Waals surface area contributed by atoms with Crippen LogP contribution in [0.3, 0.4) is 0 Å². The van der Waals surface area contributed by atoms with Crippen LogP contribution in [0.1, 0.15) is 24.1 Å². The van der Waals surface area contributed by atoms with Crippen molar-refractivity contribution >= 4 is 0 Å². The molecule has 0 amide bonds. The zero-order valence-electron chi connectivity index (χ0n) is 9.17. The zero-order valence-corrected chi connectivity index (χ0v) is 9.17. The number of furan rings is 1. The maximum absolute atomic E-state index is 5.44. The van der Waals surface area contributed by atoms with Crippen LogP contribution in [0.25, 0.3) is 0 Å². The van der Waals surface area contributed by atoms with Crippen LogP contribution >= 0.6 is 0 Å². The molecule has 2 N–H and O–H groups in total. The van der Waals surface area contributed by atoms with E-state index in [-0.39, 0.29) is 0 Å². The number of nitrogens with zero attached hydrogens (tertiary/aromatic N) is 3. The first kappa shape index (κ1) is 10.9. The quantitative estimate of drug-likeness (QED) is 0.743. The topological polar surface area (TPSA) is 69.9 Å². The fourth-order valence-corrected chi connectivity index (χ4v) is 1.55. The lowest BCUT2D eigenvalue weighted by atomic mass is 10.2. The Hall–Kier alpha value is -1.62. The smallest absolute Gasteiger partial charge is 0.0953 e. The highest BCUT2D eigenvalue weighted by molar-refractivity contribution is 5.06. The van der Waals surface area contributed by atoms with E-state index >= 15 is 0 Å². The minimum absolute atomic E-state index is 0.709. The lowest BCUT2D eigenvalue weighted by Gasteiger charge is -1.95. The van der Waals surface area contributed by atoms with Crippen LogP contribution in [0.4, 0.5) is 0 Å². The third kappa shape index (κ3) is 2.93. The molecule has 0 aliphatic rings. The molecular formula is C11H16N4O. The van der Waals surface area contributed by atoms with Crippen LogP contribution in [0.15, 0.2) is 29.2 Å². The average Bonchev–Trinajstić information content (AvgIpc) is 2.91. The van der Waals surface area contributed by atoms with Crippen molar-refractivity contribution in [3.05, 3.63) is 36.0 Å². The minimum Gasteiger partial charge on any atom is -0.472 e. The highest BCUT2D eigenvalue weighted by Crippen LogP contribution is 2.04. The minimum atomic E-state index is 0.709. The van der Waals surface area contributed by atoms with Crippen molar-refractivity contribution in [3.63, 3.8) is 0 Å². The van der Waals surface area contributed by atoms with E-state index in [9.17, 15) is 0 Å². The second-order valence-electron chi connectivity index (χ2n) is 3.78. The summed E-state index contributed by atoms with van der Waals surface area (Å²) in [5, 5.41) is 8.17. The lowest BCUT2D eigenvalue weighted by Crippen LogP contribution is -1.99. The summed E-state index contributed by atoms with van der Waals surface area (Å²) in [6, 6.07) is 1.93. The molecule has 2 heterocycles. The molecule has 0 saturated heterocycles. The second kappa shape index (κ2) is 5.46. The van der Waals surface area contributed by atoms with Crippen molar-refractivity contribution in [2.75, 3.05) is 6.54 Å². The molecule has 0 atom stereocenters. The van der Waals surface area contributed by atoms with Gasteiger partial charge < -0.3 is 10.2 Å². The van der Waals surface area contributed by atoms with Gasteiger partial charge >= 0.3 is 0 Å². The molecule has 5 nitrogen and oxygen atoms in total.